The molecule has 0 bridgehead atoms. The number of hydrogen-bond acceptors (Lipinski definition) is 4. The zero-order valence-electron chi connectivity index (χ0n) is 6.82. The fraction of sp³-hybridized carbons (Fsp3) is 0.500. The van der Waals surface area contributed by atoms with E-state index in [-0.39, 0.29) is 6.61 Å². The Labute approximate surface area is 75.9 Å². The highest BCUT2D eigenvalue weighted by Crippen LogP contribution is 2.14. The SMILES string of the molecule is NCCSCc1ccc(CO)o1. The number of furan rings is 1. The van der Waals surface area contributed by atoms with E-state index in [2.05, 4.69) is 0 Å². The van der Waals surface area contributed by atoms with E-state index >= 15 is 0 Å². The molecule has 3 N–H and O–H groups in total. The molecule has 0 aliphatic heterocycles. The minimum absolute atomic E-state index is 0.0262. The molecule has 0 aliphatic rings. The molecule has 0 fully saturated rings. The maximum Gasteiger partial charge on any atom is 0.129 e. The Kier molecular flexibility index (Phi) is 4.21. The normalized spacial score (nSPS) is 10.5. The molecule has 0 aromatic carbocycles. The number of hydrogen-bond donors (Lipinski definition) is 2. The van der Waals surface area contributed by atoms with E-state index in [1.807, 2.05) is 6.07 Å². The average Bonchev–Trinajstić information content (AvgIpc) is 2.53. The Morgan fingerprint density at radius 2 is 2.17 bits per heavy atom. The van der Waals surface area contributed by atoms with Crippen LogP contribution in [0.15, 0.2) is 16.5 Å². The van der Waals surface area contributed by atoms with Crippen LogP contribution in [-0.4, -0.2) is 17.4 Å². The molecule has 1 rings (SSSR count). The van der Waals surface area contributed by atoms with E-state index in [4.69, 9.17) is 15.3 Å². The van der Waals surface area contributed by atoms with Gasteiger partial charge in [0.2, 0.25) is 0 Å². The molecule has 3 nitrogen and oxygen atoms in total. The smallest absolute Gasteiger partial charge is 0.129 e. The number of rotatable bonds is 5. The van der Waals surface area contributed by atoms with Crippen molar-refractivity contribution in [3.05, 3.63) is 23.7 Å². The molecule has 1 heterocycles. The Morgan fingerprint density at radius 1 is 1.42 bits per heavy atom. The van der Waals surface area contributed by atoms with Crippen LogP contribution >= 0.6 is 11.8 Å². The van der Waals surface area contributed by atoms with E-state index < -0.39 is 0 Å². The van der Waals surface area contributed by atoms with Crippen molar-refractivity contribution < 1.29 is 9.52 Å². The van der Waals surface area contributed by atoms with Crippen molar-refractivity contribution in [3.8, 4) is 0 Å². The van der Waals surface area contributed by atoms with Gasteiger partial charge in [0, 0.05) is 12.3 Å². The molecule has 0 aliphatic carbocycles. The molecule has 12 heavy (non-hydrogen) atoms. The second kappa shape index (κ2) is 5.24. The molecule has 4 heteroatoms. The van der Waals surface area contributed by atoms with Crippen LogP contribution in [0.1, 0.15) is 11.5 Å². The minimum Gasteiger partial charge on any atom is -0.463 e. The molecule has 1 aromatic heterocycles. The van der Waals surface area contributed by atoms with Crippen LogP contribution in [0, 0.1) is 0 Å². The monoisotopic (exact) mass is 187 g/mol. The second-order valence-corrected chi connectivity index (χ2v) is 3.47. The molecule has 1 aromatic rings. The van der Waals surface area contributed by atoms with Crippen LogP contribution in [0.3, 0.4) is 0 Å². The molecular weight excluding hydrogens is 174 g/mol. The molecule has 68 valence electrons. The summed E-state index contributed by atoms with van der Waals surface area (Å²) in [5, 5.41) is 8.70. The van der Waals surface area contributed by atoms with Crippen molar-refractivity contribution in [2.24, 2.45) is 5.73 Å². The molecule has 0 radical (unpaired) electrons. The van der Waals surface area contributed by atoms with Gasteiger partial charge < -0.3 is 15.3 Å². The van der Waals surface area contributed by atoms with E-state index in [0.29, 0.717) is 12.3 Å². The van der Waals surface area contributed by atoms with Gasteiger partial charge in [-0.15, -0.1) is 0 Å². The third-order valence-electron chi connectivity index (χ3n) is 1.38. The first-order chi connectivity index (χ1) is 5.86. The van der Waals surface area contributed by atoms with Crippen molar-refractivity contribution in [1.29, 1.82) is 0 Å². The third-order valence-corrected chi connectivity index (χ3v) is 2.39. The van der Waals surface area contributed by atoms with Crippen LogP contribution in [0.2, 0.25) is 0 Å². The highest BCUT2D eigenvalue weighted by atomic mass is 32.2. The van der Waals surface area contributed by atoms with Crippen LogP contribution in [0.5, 0.6) is 0 Å². The second-order valence-electron chi connectivity index (χ2n) is 2.37. The Morgan fingerprint density at radius 3 is 2.75 bits per heavy atom. The van der Waals surface area contributed by atoms with Gasteiger partial charge in [-0.25, -0.2) is 0 Å². The molecule has 0 spiro atoms. The Balaban J connectivity index is 2.31. The summed E-state index contributed by atoms with van der Waals surface area (Å²) >= 11 is 1.73. The predicted molar refractivity (Wildman–Crippen MR) is 49.8 cm³/mol. The first-order valence-electron chi connectivity index (χ1n) is 3.83. The number of aliphatic hydroxyl groups is 1. The summed E-state index contributed by atoms with van der Waals surface area (Å²) < 4.78 is 5.27. The van der Waals surface area contributed by atoms with Crippen LogP contribution in [-0.2, 0) is 12.4 Å². The zero-order chi connectivity index (χ0) is 8.81. The van der Waals surface area contributed by atoms with Gasteiger partial charge in [0.15, 0.2) is 0 Å². The van der Waals surface area contributed by atoms with Crippen LogP contribution in [0.25, 0.3) is 0 Å². The molecule has 0 atom stereocenters. The average molecular weight is 187 g/mol. The van der Waals surface area contributed by atoms with Crippen molar-refractivity contribution >= 4 is 11.8 Å². The first-order valence-corrected chi connectivity index (χ1v) is 4.98. The summed E-state index contributed by atoms with van der Waals surface area (Å²) in [4.78, 5) is 0. The number of nitrogens with two attached hydrogens (primary N) is 1. The fourth-order valence-electron chi connectivity index (χ4n) is 0.841. The Bertz CT molecular complexity index is 225. The molecule has 0 unspecified atom stereocenters. The molecular formula is C8H13NO2S. The number of thioether (sulfide) groups is 1. The summed E-state index contributed by atoms with van der Waals surface area (Å²) in [5.41, 5.74) is 5.33. The standard InChI is InChI=1S/C8H13NO2S/c9-3-4-12-6-8-2-1-7(5-10)11-8/h1-2,10H,3-6,9H2. The minimum atomic E-state index is -0.0262. The lowest BCUT2D eigenvalue weighted by atomic mass is 10.4. The van der Waals surface area contributed by atoms with Crippen molar-refractivity contribution in [1.82, 2.24) is 0 Å². The van der Waals surface area contributed by atoms with Crippen LogP contribution in [0.4, 0.5) is 0 Å². The Hall–Kier alpha value is -0.450. The fourth-order valence-corrected chi connectivity index (χ4v) is 1.51. The van der Waals surface area contributed by atoms with E-state index in [0.717, 1.165) is 17.3 Å². The number of aliphatic hydroxyl groups excluding tert-OH is 1. The predicted octanol–water partition coefficient (Wildman–Crippen LogP) is 0.964. The lowest BCUT2D eigenvalue weighted by molar-refractivity contribution is 0.244. The molecule has 0 amide bonds. The summed E-state index contributed by atoms with van der Waals surface area (Å²) in [5.74, 6) is 3.29. The van der Waals surface area contributed by atoms with Gasteiger partial charge in [-0.05, 0) is 12.1 Å². The topological polar surface area (TPSA) is 59.4 Å². The molecule has 0 saturated carbocycles. The van der Waals surface area contributed by atoms with E-state index in [1.54, 1.807) is 17.8 Å². The maximum absolute atomic E-state index is 8.70. The van der Waals surface area contributed by atoms with Gasteiger partial charge in [0.25, 0.3) is 0 Å². The first kappa shape index (κ1) is 9.64. The summed E-state index contributed by atoms with van der Waals surface area (Å²) in [6, 6.07) is 3.67. The maximum atomic E-state index is 8.70. The van der Waals surface area contributed by atoms with E-state index in [9.17, 15) is 0 Å². The van der Waals surface area contributed by atoms with Crippen molar-refractivity contribution in [2.45, 2.75) is 12.4 Å². The summed E-state index contributed by atoms with van der Waals surface area (Å²) in [6.45, 7) is 0.666. The van der Waals surface area contributed by atoms with Crippen molar-refractivity contribution in [3.63, 3.8) is 0 Å². The van der Waals surface area contributed by atoms with Gasteiger partial charge in [-0.3, -0.25) is 0 Å². The summed E-state index contributed by atoms with van der Waals surface area (Å²) in [6.07, 6.45) is 0. The van der Waals surface area contributed by atoms with Crippen molar-refractivity contribution in [2.75, 3.05) is 12.3 Å². The van der Waals surface area contributed by atoms with Gasteiger partial charge in [-0.2, -0.15) is 11.8 Å². The van der Waals surface area contributed by atoms with E-state index in [1.165, 1.54) is 0 Å². The lowest BCUT2D eigenvalue weighted by Crippen LogP contribution is -2.01. The van der Waals surface area contributed by atoms with Crippen LogP contribution < -0.4 is 5.73 Å². The summed E-state index contributed by atoms with van der Waals surface area (Å²) in [7, 11) is 0. The quantitative estimate of drug-likeness (QED) is 0.674. The largest absolute Gasteiger partial charge is 0.463 e. The lowest BCUT2D eigenvalue weighted by Gasteiger charge is -1.95. The van der Waals surface area contributed by atoms with Gasteiger partial charge in [-0.1, -0.05) is 0 Å². The van der Waals surface area contributed by atoms with Gasteiger partial charge in [0.05, 0.1) is 5.75 Å². The zero-order valence-corrected chi connectivity index (χ0v) is 7.64. The highest BCUT2D eigenvalue weighted by Gasteiger charge is 1.99. The van der Waals surface area contributed by atoms with Gasteiger partial charge in [0.1, 0.15) is 18.1 Å². The molecule has 0 saturated heterocycles. The highest BCUT2D eigenvalue weighted by molar-refractivity contribution is 7.98. The third kappa shape index (κ3) is 2.89. The van der Waals surface area contributed by atoms with Gasteiger partial charge >= 0.3 is 0 Å².